The smallest absolute Gasteiger partial charge is 0.119 e. The third-order valence-electron chi connectivity index (χ3n) is 3.83. The molecule has 2 heteroatoms. The Morgan fingerprint density at radius 1 is 0.727 bits per heavy atom. The predicted octanol–water partition coefficient (Wildman–Crippen LogP) is 5.00. The monoisotopic (exact) mass is 298 g/mol. The molecule has 22 heavy (non-hydrogen) atoms. The number of benzene rings is 2. The highest BCUT2D eigenvalue weighted by Crippen LogP contribution is 2.29. The molecule has 2 nitrogen and oxygen atoms in total. The maximum Gasteiger partial charge on any atom is 0.119 e. The van der Waals surface area contributed by atoms with Crippen molar-refractivity contribution in [2.75, 3.05) is 13.2 Å². The molecule has 2 rings (SSSR count). The third-order valence-corrected chi connectivity index (χ3v) is 3.83. The van der Waals surface area contributed by atoms with Crippen molar-refractivity contribution >= 4 is 0 Å². The Hall–Kier alpha value is -1.96. The minimum atomic E-state index is 0.0812. The molecule has 0 N–H and O–H groups in total. The van der Waals surface area contributed by atoms with E-state index in [9.17, 15) is 0 Å². The van der Waals surface area contributed by atoms with Gasteiger partial charge in [0, 0.05) is 0 Å². The van der Waals surface area contributed by atoms with Gasteiger partial charge in [-0.05, 0) is 61.1 Å². The molecule has 2 aromatic rings. The molecule has 0 amide bonds. The van der Waals surface area contributed by atoms with Crippen LogP contribution in [0.2, 0.25) is 0 Å². The van der Waals surface area contributed by atoms with Gasteiger partial charge in [0.2, 0.25) is 0 Å². The molecular formula is C20H26O2. The van der Waals surface area contributed by atoms with E-state index in [0.717, 1.165) is 17.9 Å². The molecular weight excluding hydrogens is 272 g/mol. The van der Waals surface area contributed by atoms with Gasteiger partial charge >= 0.3 is 0 Å². The maximum absolute atomic E-state index is 5.51. The van der Waals surface area contributed by atoms with Gasteiger partial charge in [0.25, 0.3) is 0 Å². The largest absolute Gasteiger partial charge is 0.494 e. The Kier molecular flexibility index (Phi) is 5.48. The highest BCUT2D eigenvalue weighted by atomic mass is 16.5. The van der Waals surface area contributed by atoms with Gasteiger partial charge in [-0.1, -0.05) is 38.1 Å². The van der Waals surface area contributed by atoms with Crippen LogP contribution >= 0.6 is 0 Å². The Morgan fingerprint density at radius 3 is 1.64 bits per heavy atom. The van der Waals surface area contributed by atoms with Crippen LogP contribution in [-0.4, -0.2) is 13.2 Å². The SMILES string of the molecule is CCOc1ccc(CC(C)(C)c2ccc(OCC)cc2)cc1. The minimum absolute atomic E-state index is 0.0812. The quantitative estimate of drug-likeness (QED) is 0.716. The molecule has 0 spiro atoms. The van der Waals surface area contributed by atoms with E-state index >= 15 is 0 Å². The third kappa shape index (κ3) is 4.27. The van der Waals surface area contributed by atoms with Crippen LogP contribution in [0.4, 0.5) is 0 Å². The van der Waals surface area contributed by atoms with Crippen LogP contribution < -0.4 is 9.47 Å². The lowest BCUT2D eigenvalue weighted by atomic mass is 9.79. The summed E-state index contributed by atoms with van der Waals surface area (Å²) in [5.41, 5.74) is 2.73. The second kappa shape index (κ2) is 7.35. The minimum Gasteiger partial charge on any atom is -0.494 e. The summed E-state index contributed by atoms with van der Waals surface area (Å²) in [5.74, 6) is 1.87. The summed E-state index contributed by atoms with van der Waals surface area (Å²) in [6.07, 6.45) is 0.993. The zero-order valence-electron chi connectivity index (χ0n) is 14.1. The first-order valence-electron chi connectivity index (χ1n) is 8.00. The molecule has 0 heterocycles. The van der Waals surface area contributed by atoms with Crippen LogP contribution in [0.15, 0.2) is 48.5 Å². The molecule has 0 aromatic heterocycles. The number of ether oxygens (including phenoxy) is 2. The Morgan fingerprint density at radius 2 is 1.18 bits per heavy atom. The van der Waals surface area contributed by atoms with E-state index in [0.29, 0.717) is 13.2 Å². The lowest BCUT2D eigenvalue weighted by Crippen LogP contribution is -2.20. The molecule has 2 aromatic carbocycles. The number of hydrogen-bond donors (Lipinski definition) is 0. The molecule has 0 radical (unpaired) electrons. The summed E-state index contributed by atoms with van der Waals surface area (Å²) in [5, 5.41) is 0. The standard InChI is InChI=1S/C20H26O2/c1-5-21-18-11-7-16(8-12-18)15-20(3,4)17-9-13-19(14-10-17)22-6-2/h7-14H,5-6,15H2,1-4H3. The van der Waals surface area contributed by atoms with Gasteiger partial charge in [-0.25, -0.2) is 0 Å². The molecule has 0 aliphatic carbocycles. The fraction of sp³-hybridized carbons (Fsp3) is 0.400. The summed E-state index contributed by atoms with van der Waals surface area (Å²) in [7, 11) is 0. The Bertz CT molecular complexity index is 568. The summed E-state index contributed by atoms with van der Waals surface area (Å²) in [6, 6.07) is 16.8. The van der Waals surface area contributed by atoms with Crippen molar-refractivity contribution in [3.05, 3.63) is 59.7 Å². The van der Waals surface area contributed by atoms with E-state index in [4.69, 9.17) is 9.47 Å². The molecule has 0 bridgehead atoms. The highest BCUT2D eigenvalue weighted by Gasteiger charge is 2.21. The summed E-state index contributed by atoms with van der Waals surface area (Å²) < 4.78 is 11.0. The average Bonchev–Trinajstić information content (AvgIpc) is 2.50. The van der Waals surface area contributed by atoms with Gasteiger partial charge in [0.15, 0.2) is 0 Å². The van der Waals surface area contributed by atoms with Crippen molar-refractivity contribution in [3.8, 4) is 11.5 Å². The molecule has 0 saturated heterocycles. The summed E-state index contributed by atoms with van der Waals surface area (Å²) in [6.45, 7) is 9.97. The van der Waals surface area contributed by atoms with E-state index in [1.54, 1.807) is 0 Å². The van der Waals surface area contributed by atoms with Crippen molar-refractivity contribution in [3.63, 3.8) is 0 Å². The molecule has 0 saturated carbocycles. The van der Waals surface area contributed by atoms with Crippen molar-refractivity contribution in [2.45, 2.75) is 39.5 Å². The van der Waals surface area contributed by atoms with E-state index in [1.807, 2.05) is 26.0 Å². The Labute approximate surface area is 134 Å². The lowest BCUT2D eigenvalue weighted by molar-refractivity contribution is 0.339. The first kappa shape index (κ1) is 16.4. The topological polar surface area (TPSA) is 18.5 Å². The predicted molar refractivity (Wildman–Crippen MR) is 92.0 cm³/mol. The highest BCUT2D eigenvalue weighted by molar-refractivity contribution is 5.34. The van der Waals surface area contributed by atoms with Crippen molar-refractivity contribution in [1.82, 2.24) is 0 Å². The normalized spacial score (nSPS) is 11.3. The molecule has 0 atom stereocenters. The van der Waals surface area contributed by atoms with Gasteiger partial charge in [-0.2, -0.15) is 0 Å². The van der Waals surface area contributed by atoms with Crippen LogP contribution in [0, 0.1) is 0 Å². The molecule has 0 fully saturated rings. The van der Waals surface area contributed by atoms with E-state index < -0.39 is 0 Å². The zero-order valence-corrected chi connectivity index (χ0v) is 14.1. The van der Waals surface area contributed by atoms with Gasteiger partial charge in [0.1, 0.15) is 11.5 Å². The molecule has 0 unspecified atom stereocenters. The van der Waals surface area contributed by atoms with Crippen LogP contribution in [0.1, 0.15) is 38.8 Å². The van der Waals surface area contributed by atoms with E-state index in [-0.39, 0.29) is 5.41 Å². The fourth-order valence-electron chi connectivity index (χ4n) is 2.65. The van der Waals surface area contributed by atoms with Crippen LogP contribution in [0.5, 0.6) is 11.5 Å². The maximum atomic E-state index is 5.51. The molecule has 0 aliphatic heterocycles. The molecule has 0 aliphatic rings. The second-order valence-electron chi connectivity index (χ2n) is 6.10. The summed E-state index contributed by atoms with van der Waals surface area (Å²) in [4.78, 5) is 0. The van der Waals surface area contributed by atoms with Crippen LogP contribution in [0.25, 0.3) is 0 Å². The van der Waals surface area contributed by atoms with Crippen LogP contribution in [-0.2, 0) is 11.8 Å². The first-order chi connectivity index (χ1) is 10.5. The van der Waals surface area contributed by atoms with Gasteiger partial charge in [-0.3, -0.25) is 0 Å². The fourth-order valence-corrected chi connectivity index (χ4v) is 2.65. The van der Waals surface area contributed by atoms with Gasteiger partial charge in [-0.15, -0.1) is 0 Å². The second-order valence-corrected chi connectivity index (χ2v) is 6.10. The average molecular weight is 298 g/mol. The van der Waals surface area contributed by atoms with Crippen LogP contribution in [0.3, 0.4) is 0 Å². The molecule has 118 valence electrons. The van der Waals surface area contributed by atoms with Gasteiger partial charge < -0.3 is 9.47 Å². The first-order valence-corrected chi connectivity index (χ1v) is 8.00. The van der Waals surface area contributed by atoms with E-state index in [2.05, 4.69) is 50.2 Å². The Balaban J connectivity index is 2.08. The van der Waals surface area contributed by atoms with Crippen molar-refractivity contribution in [1.29, 1.82) is 0 Å². The van der Waals surface area contributed by atoms with Crippen molar-refractivity contribution in [2.24, 2.45) is 0 Å². The summed E-state index contributed by atoms with van der Waals surface area (Å²) >= 11 is 0. The number of hydrogen-bond acceptors (Lipinski definition) is 2. The van der Waals surface area contributed by atoms with Gasteiger partial charge in [0.05, 0.1) is 13.2 Å². The van der Waals surface area contributed by atoms with Crippen molar-refractivity contribution < 1.29 is 9.47 Å². The zero-order chi connectivity index (χ0) is 16.0. The lowest BCUT2D eigenvalue weighted by Gasteiger charge is -2.26. The van der Waals surface area contributed by atoms with E-state index in [1.165, 1.54) is 11.1 Å². The number of rotatable bonds is 7.